The van der Waals surface area contributed by atoms with Crippen molar-refractivity contribution >= 4 is 10.9 Å². The molecule has 36 heavy (non-hydrogen) atoms. The number of fused-ring (bicyclic) bond motifs is 1. The van der Waals surface area contributed by atoms with Crippen molar-refractivity contribution < 1.29 is 13.2 Å². The molecule has 2 heterocycles. The van der Waals surface area contributed by atoms with Crippen molar-refractivity contribution in [2.24, 2.45) is 0 Å². The Morgan fingerprint density at radius 2 is 1.61 bits per heavy atom. The van der Waals surface area contributed by atoms with Gasteiger partial charge in [-0.15, -0.1) is 0 Å². The number of alkyl halides is 3. The van der Waals surface area contributed by atoms with Crippen LogP contribution in [0.4, 0.5) is 13.2 Å². The van der Waals surface area contributed by atoms with Crippen LogP contribution in [-0.2, 0) is 25.8 Å². The maximum Gasteiger partial charge on any atom is 0.416 e. The van der Waals surface area contributed by atoms with Crippen LogP contribution in [0.1, 0.15) is 61.3 Å². The van der Waals surface area contributed by atoms with Crippen molar-refractivity contribution in [3.05, 3.63) is 81.1 Å². The molecule has 194 valence electrons. The third kappa shape index (κ3) is 6.19. The summed E-state index contributed by atoms with van der Waals surface area (Å²) in [6.07, 6.45) is -0.763. The molecule has 0 amide bonds. The first kappa shape index (κ1) is 26.4. The minimum atomic E-state index is -4.41. The third-order valence-electron chi connectivity index (χ3n) is 7.15. The predicted octanol–water partition coefficient (Wildman–Crippen LogP) is 6.26. The van der Waals surface area contributed by atoms with Gasteiger partial charge in [-0.3, -0.25) is 9.69 Å². The number of pyridine rings is 1. The van der Waals surface area contributed by atoms with Gasteiger partial charge in [0.1, 0.15) is 0 Å². The molecule has 1 saturated heterocycles. The van der Waals surface area contributed by atoms with Crippen LogP contribution in [-0.4, -0.2) is 41.0 Å². The van der Waals surface area contributed by atoms with Gasteiger partial charge in [0.15, 0.2) is 0 Å². The molecule has 0 radical (unpaired) electrons. The molecule has 3 aromatic rings. The molecule has 2 aromatic carbocycles. The van der Waals surface area contributed by atoms with E-state index in [-0.39, 0.29) is 24.2 Å². The van der Waals surface area contributed by atoms with E-state index >= 15 is 0 Å². The normalized spacial score (nSPS) is 15.3. The second kappa shape index (κ2) is 11.2. The smallest absolute Gasteiger partial charge is 0.307 e. The number of benzene rings is 2. The molecular formula is C29H36F3N3O. The van der Waals surface area contributed by atoms with Gasteiger partial charge in [0, 0.05) is 31.7 Å². The highest BCUT2D eigenvalue weighted by atomic mass is 19.4. The average Bonchev–Trinajstić information content (AvgIpc) is 2.84. The summed E-state index contributed by atoms with van der Waals surface area (Å²) >= 11 is 0. The minimum absolute atomic E-state index is 0.0589. The fourth-order valence-corrected chi connectivity index (χ4v) is 5.14. The van der Waals surface area contributed by atoms with Gasteiger partial charge in [-0.25, -0.2) is 0 Å². The third-order valence-corrected chi connectivity index (χ3v) is 7.15. The summed E-state index contributed by atoms with van der Waals surface area (Å²) < 4.78 is 42.3. The lowest BCUT2D eigenvalue weighted by Gasteiger charge is -2.27. The van der Waals surface area contributed by atoms with Gasteiger partial charge < -0.3 is 9.47 Å². The average molecular weight is 500 g/mol. The maximum atomic E-state index is 13.7. The molecule has 1 aliphatic rings. The largest absolute Gasteiger partial charge is 0.416 e. The molecule has 0 unspecified atom stereocenters. The van der Waals surface area contributed by atoms with E-state index in [1.54, 1.807) is 18.0 Å². The van der Waals surface area contributed by atoms with Crippen molar-refractivity contribution in [3.8, 4) is 0 Å². The first-order valence-corrected chi connectivity index (χ1v) is 12.9. The van der Waals surface area contributed by atoms with Crippen LogP contribution in [0.3, 0.4) is 0 Å². The fourth-order valence-electron chi connectivity index (χ4n) is 5.14. The summed E-state index contributed by atoms with van der Waals surface area (Å²) in [5.74, 6) is 0.347. The Balaban J connectivity index is 1.64. The van der Waals surface area contributed by atoms with E-state index < -0.39 is 11.7 Å². The number of hydrogen-bond acceptors (Lipinski definition) is 3. The second-order valence-electron chi connectivity index (χ2n) is 10.3. The Bertz CT molecular complexity index is 1240. The Labute approximate surface area is 211 Å². The molecular weight excluding hydrogens is 463 g/mol. The zero-order valence-electron chi connectivity index (χ0n) is 21.4. The van der Waals surface area contributed by atoms with Crippen LogP contribution in [0.2, 0.25) is 0 Å². The summed E-state index contributed by atoms with van der Waals surface area (Å²) in [4.78, 5) is 17.9. The van der Waals surface area contributed by atoms with Gasteiger partial charge in [0.05, 0.1) is 11.1 Å². The van der Waals surface area contributed by atoms with Crippen LogP contribution in [0.5, 0.6) is 0 Å². The van der Waals surface area contributed by atoms with E-state index in [1.165, 1.54) is 37.0 Å². The molecule has 1 fully saturated rings. The van der Waals surface area contributed by atoms with Crippen molar-refractivity contribution in [3.63, 3.8) is 0 Å². The molecule has 1 aliphatic heterocycles. The number of nitrogens with zero attached hydrogens (tertiary/aromatic N) is 3. The van der Waals surface area contributed by atoms with Crippen molar-refractivity contribution in [1.82, 2.24) is 14.4 Å². The molecule has 0 atom stereocenters. The predicted molar refractivity (Wildman–Crippen MR) is 139 cm³/mol. The van der Waals surface area contributed by atoms with E-state index in [0.717, 1.165) is 36.6 Å². The summed E-state index contributed by atoms with van der Waals surface area (Å²) in [6.45, 7) is 8.20. The lowest BCUT2D eigenvalue weighted by molar-refractivity contribution is -0.138. The Morgan fingerprint density at radius 3 is 2.31 bits per heavy atom. The van der Waals surface area contributed by atoms with E-state index in [0.29, 0.717) is 18.0 Å². The van der Waals surface area contributed by atoms with Crippen LogP contribution < -0.4 is 5.56 Å². The number of piperidine rings is 1. The van der Waals surface area contributed by atoms with Gasteiger partial charge in [-0.2, -0.15) is 13.2 Å². The molecule has 0 spiro atoms. The molecule has 0 aliphatic carbocycles. The lowest BCUT2D eigenvalue weighted by Crippen LogP contribution is -2.36. The Kier molecular flexibility index (Phi) is 8.20. The van der Waals surface area contributed by atoms with Crippen LogP contribution in [0, 0.1) is 0 Å². The first-order chi connectivity index (χ1) is 17.1. The zero-order chi connectivity index (χ0) is 25.9. The molecule has 7 heteroatoms. The second-order valence-corrected chi connectivity index (χ2v) is 10.3. The SMILES string of the molecule is CC(C)c1ccc2cc(CN(C)Cc3ccccc3C(F)(F)F)c(=O)n(CCN3CCCCC3)c2c1. The van der Waals surface area contributed by atoms with E-state index in [9.17, 15) is 18.0 Å². The van der Waals surface area contributed by atoms with Crippen molar-refractivity contribution in [2.75, 3.05) is 26.7 Å². The van der Waals surface area contributed by atoms with Gasteiger partial charge >= 0.3 is 6.18 Å². The Morgan fingerprint density at radius 1 is 0.917 bits per heavy atom. The van der Waals surface area contributed by atoms with Crippen molar-refractivity contribution in [1.29, 1.82) is 0 Å². The topological polar surface area (TPSA) is 28.5 Å². The molecule has 0 N–H and O–H groups in total. The number of likely N-dealkylation sites (tertiary alicyclic amines) is 1. The monoisotopic (exact) mass is 499 g/mol. The molecule has 1 aromatic heterocycles. The highest BCUT2D eigenvalue weighted by molar-refractivity contribution is 5.80. The molecule has 4 rings (SSSR count). The number of halogens is 3. The van der Waals surface area contributed by atoms with Gasteiger partial charge in [0.25, 0.3) is 5.56 Å². The van der Waals surface area contributed by atoms with Gasteiger partial charge in [-0.1, -0.05) is 50.6 Å². The standard InChI is InChI=1S/C29H36F3N3O/c1-21(2)22-11-12-23-17-25(20-33(3)19-24-9-5-6-10-26(24)29(30,31)32)28(36)35(27(23)18-22)16-15-34-13-7-4-8-14-34/h5-6,9-12,17-18,21H,4,7-8,13-16,19-20H2,1-3H3. The quantitative estimate of drug-likeness (QED) is 0.366. The van der Waals surface area contributed by atoms with E-state index in [2.05, 4.69) is 36.9 Å². The molecule has 4 nitrogen and oxygen atoms in total. The number of hydrogen-bond donors (Lipinski definition) is 0. The summed E-state index contributed by atoms with van der Waals surface area (Å²) in [5.41, 5.74) is 2.23. The minimum Gasteiger partial charge on any atom is -0.307 e. The number of rotatable bonds is 8. The van der Waals surface area contributed by atoms with E-state index in [4.69, 9.17) is 0 Å². The maximum absolute atomic E-state index is 13.7. The fraction of sp³-hybridized carbons (Fsp3) is 0.483. The van der Waals surface area contributed by atoms with Crippen LogP contribution in [0.25, 0.3) is 10.9 Å². The van der Waals surface area contributed by atoms with E-state index in [1.807, 2.05) is 10.6 Å². The highest BCUT2D eigenvalue weighted by Gasteiger charge is 2.33. The molecule has 0 saturated carbocycles. The Hall–Kier alpha value is -2.64. The highest BCUT2D eigenvalue weighted by Crippen LogP contribution is 2.32. The first-order valence-electron chi connectivity index (χ1n) is 12.9. The molecule has 0 bridgehead atoms. The van der Waals surface area contributed by atoms with Gasteiger partial charge in [0.2, 0.25) is 0 Å². The van der Waals surface area contributed by atoms with Crippen molar-refractivity contribution in [2.45, 2.75) is 64.8 Å². The van der Waals surface area contributed by atoms with Gasteiger partial charge in [-0.05, 0) is 73.6 Å². The summed E-state index contributed by atoms with van der Waals surface area (Å²) in [6, 6.07) is 13.8. The summed E-state index contributed by atoms with van der Waals surface area (Å²) in [5, 5.41) is 0.983. The zero-order valence-corrected chi connectivity index (χ0v) is 21.4. The number of aromatic nitrogens is 1. The summed E-state index contributed by atoms with van der Waals surface area (Å²) in [7, 11) is 1.76. The lowest BCUT2D eigenvalue weighted by atomic mass is 10.0. The van der Waals surface area contributed by atoms with Crippen LogP contribution in [0.15, 0.2) is 53.3 Å². The van der Waals surface area contributed by atoms with Crippen LogP contribution >= 0.6 is 0 Å².